The second-order valence-corrected chi connectivity index (χ2v) is 4.65. The summed E-state index contributed by atoms with van der Waals surface area (Å²) in [5.74, 6) is 0.834. The number of aromatic nitrogens is 4. The summed E-state index contributed by atoms with van der Waals surface area (Å²) in [5, 5.41) is 8.39. The van der Waals surface area contributed by atoms with E-state index in [4.69, 9.17) is 11.6 Å². The molecule has 0 atom stereocenters. The molecule has 0 radical (unpaired) electrons. The van der Waals surface area contributed by atoms with Crippen LogP contribution in [0.3, 0.4) is 0 Å². The topological polar surface area (TPSA) is 75.6 Å². The van der Waals surface area contributed by atoms with Crippen LogP contribution < -0.4 is 10.6 Å². The van der Waals surface area contributed by atoms with Crippen LogP contribution in [-0.2, 0) is 0 Å². The highest BCUT2D eigenvalue weighted by Gasteiger charge is 2.07. The molecule has 0 aliphatic carbocycles. The van der Waals surface area contributed by atoms with Gasteiger partial charge >= 0.3 is 0 Å². The van der Waals surface area contributed by atoms with E-state index in [0.717, 1.165) is 16.5 Å². The largest absolute Gasteiger partial charge is 0.354 e. The zero-order valence-corrected chi connectivity index (χ0v) is 12.1. The van der Waals surface area contributed by atoms with Crippen molar-refractivity contribution in [2.75, 3.05) is 17.2 Å². The number of hydrogen-bond acceptors (Lipinski definition) is 6. The molecular weight excluding hydrogens is 288 g/mol. The predicted molar refractivity (Wildman–Crippen MR) is 84.0 cm³/mol. The summed E-state index contributed by atoms with van der Waals surface area (Å²) < 4.78 is 0. The van der Waals surface area contributed by atoms with Crippen LogP contribution in [0.2, 0.25) is 5.28 Å². The van der Waals surface area contributed by atoms with Gasteiger partial charge in [-0.3, -0.25) is 4.98 Å². The van der Waals surface area contributed by atoms with Crippen molar-refractivity contribution >= 4 is 40.0 Å². The van der Waals surface area contributed by atoms with Crippen LogP contribution in [0.15, 0.2) is 36.7 Å². The molecule has 0 amide bonds. The fraction of sp³-hybridized carbons (Fsp3) is 0.143. The molecule has 0 saturated heterocycles. The summed E-state index contributed by atoms with van der Waals surface area (Å²) in [7, 11) is 0. The third kappa shape index (κ3) is 3.00. The molecule has 2 aromatic heterocycles. The van der Waals surface area contributed by atoms with Crippen molar-refractivity contribution in [1.82, 2.24) is 19.9 Å². The molecule has 0 aliphatic rings. The van der Waals surface area contributed by atoms with E-state index in [1.54, 1.807) is 12.4 Å². The minimum absolute atomic E-state index is 0.141. The SMILES string of the molecule is CCNc1nc(Cl)nc(Nc2cccc3ccncc23)n1. The van der Waals surface area contributed by atoms with Crippen LogP contribution in [0.25, 0.3) is 10.8 Å². The number of rotatable bonds is 4. The smallest absolute Gasteiger partial charge is 0.233 e. The van der Waals surface area contributed by atoms with Gasteiger partial charge in [-0.05, 0) is 36.0 Å². The lowest BCUT2D eigenvalue weighted by molar-refractivity contribution is 1.02. The molecular formula is C14H13ClN6. The van der Waals surface area contributed by atoms with Crippen molar-refractivity contribution in [2.45, 2.75) is 6.92 Å². The summed E-state index contributed by atoms with van der Waals surface area (Å²) in [6.07, 6.45) is 3.56. The highest BCUT2D eigenvalue weighted by atomic mass is 35.5. The monoisotopic (exact) mass is 300 g/mol. The van der Waals surface area contributed by atoms with Crippen LogP contribution in [-0.4, -0.2) is 26.5 Å². The Morgan fingerprint density at radius 3 is 2.81 bits per heavy atom. The first-order chi connectivity index (χ1) is 10.3. The Hall–Kier alpha value is -2.47. The second kappa shape index (κ2) is 5.88. The average molecular weight is 301 g/mol. The van der Waals surface area contributed by atoms with Crippen molar-refractivity contribution in [2.24, 2.45) is 0 Å². The van der Waals surface area contributed by atoms with Gasteiger partial charge in [-0.15, -0.1) is 0 Å². The Morgan fingerprint density at radius 1 is 1.10 bits per heavy atom. The van der Waals surface area contributed by atoms with Crippen LogP contribution >= 0.6 is 11.6 Å². The molecule has 2 N–H and O–H groups in total. The molecule has 3 rings (SSSR count). The van der Waals surface area contributed by atoms with E-state index in [2.05, 4.69) is 30.6 Å². The molecule has 1 aromatic carbocycles. The maximum Gasteiger partial charge on any atom is 0.233 e. The van der Waals surface area contributed by atoms with Gasteiger partial charge in [0, 0.05) is 24.3 Å². The summed E-state index contributed by atoms with van der Waals surface area (Å²) in [5.41, 5.74) is 0.866. The van der Waals surface area contributed by atoms with Gasteiger partial charge in [0.15, 0.2) is 0 Å². The number of nitrogens with one attached hydrogen (secondary N) is 2. The molecule has 2 heterocycles. The van der Waals surface area contributed by atoms with E-state index in [0.29, 0.717) is 18.4 Å². The maximum atomic E-state index is 5.92. The van der Waals surface area contributed by atoms with Crippen LogP contribution in [0.4, 0.5) is 17.6 Å². The maximum absolute atomic E-state index is 5.92. The van der Waals surface area contributed by atoms with Crippen molar-refractivity contribution in [3.63, 3.8) is 0 Å². The third-order valence-electron chi connectivity index (χ3n) is 2.87. The molecule has 3 aromatic rings. The standard InChI is InChI=1S/C14H13ClN6/c1-2-17-13-19-12(15)20-14(21-13)18-11-5-3-4-9-6-7-16-8-10(9)11/h3-8H,2H2,1H3,(H2,17,18,19,20,21). The second-order valence-electron chi connectivity index (χ2n) is 4.31. The van der Waals surface area contributed by atoms with E-state index < -0.39 is 0 Å². The van der Waals surface area contributed by atoms with E-state index in [-0.39, 0.29) is 5.28 Å². The Morgan fingerprint density at radius 2 is 1.95 bits per heavy atom. The average Bonchev–Trinajstić information content (AvgIpc) is 2.47. The summed E-state index contributed by atoms with van der Waals surface area (Å²) in [6.45, 7) is 2.67. The zero-order valence-electron chi connectivity index (χ0n) is 11.3. The molecule has 21 heavy (non-hydrogen) atoms. The number of halogens is 1. The highest BCUT2D eigenvalue weighted by molar-refractivity contribution is 6.28. The van der Waals surface area contributed by atoms with E-state index in [9.17, 15) is 0 Å². The quantitative estimate of drug-likeness (QED) is 0.770. The predicted octanol–water partition coefficient (Wildman–Crippen LogP) is 3.25. The van der Waals surface area contributed by atoms with Gasteiger partial charge in [0.2, 0.25) is 17.2 Å². The Bertz CT molecular complexity index is 771. The van der Waals surface area contributed by atoms with Gasteiger partial charge in [-0.25, -0.2) is 0 Å². The normalized spacial score (nSPS) is 10.6. The highest BCUT2D eigenvalue weighted by Crippen LogP contribution is 2.24. The first-order valence-corrected chi connectivity index (χ1v) is 6.89. The Labute approximate surface area is 126 Å². The van der Waals surface area contributed by atoms with Crippen molar-refractivity contribution in [3.8, 4) is 0 Å². The number of nitrogens with zero attached hydrogens (tertiary/aromatic N) is 4. The lowest BCUT2D eigenvalue weighted by Crippen LogP contribution is -2.06. The van der Waals surface area contributed by atoms with Crippen molar-refractivity contribution in [1.29, 1.82) is 0 Å². The first-order valence-electron chi connectivity index (χ1n) is 6.51. The zero-order chi connectivity index (χ0) is 14.7. The van der Waals surface area contributed by atoms with E-state index in [1.165, 1.54) is 0 Å². The van der Waals surface area contributed by atoms with E-state index >= 15 is 0 Å². The molecule has 0 aliphatic heterocycles. The molecule has 7 heteroatoms. The van der Waals surface area contributed by atoms with Crippen LogP contribution in [0.1, 0.15) is 6.92 Å². The minimum Gasteiger partial charge on any atom is -0.354 e. The number of pyridine rings is 1. The molecule has 0 spiro atoms. The summed E-state index contributed by atoms with van der Waals surface area (Å²) >= 11 is 5.92. The lowest BCUT2D eigenvalue weighted by Gasteiger charge is -2.09. The fourth-order valence-corrected chi connectivity index (χ4v) is 2.15. The number of hydrogen-bond donors (Lipinski definition) is 2. The van der Waals surface area contributed by atoms with Gasteiger partial charge in [0.05, 0.1) is 5.69 Å². The van der Waals surface area contributed by atoms with Crippen LogP contribution in [0.5, 0.6) is 0 Å². The van der Waals surface area contributed by atoms with Crippen molar-refractivity contribution in [3.05, 3.63) is 41.9 Å². The van der Waals surface area contributed by atoms with Crippen LogP contribution in [0, 0.1) is 0 Å². The summed E-state index contributed by atoms with van der Waals surface area (Å²) in [6, 6.07) is 7.87. The summed E-state index contributed by atoms with van der Waals surface area (Å²) in [4.78, 5) is 16.5. The Balaban J connectivity index is 1.98. The molecule has 0 saturated carbocycles. The fourth-order valence-electron chi connectivity index (χ4n) is 1.99. The Kier molecular flexibility index (Phi) is 3.79. The number of benzene rings is 1. The van der Waals surface area contributed by atoms with Gasteiger partial charge in [0.1, 0.15) is 0 Å². The lowest BCUT2D eigenvalue weighted by atomic mass is 10.1. The molecule has 6 nitrogen and oxygen atoms in total. The molecule has 0 fully saturated rings. The minimum atomic E-state index is 0.141. The van der Waals surface area contributed by atoms with Gasteiger partial charge in [0.25, 0.3) is 0 Å². The number of fused-ring (bicyclic) bond motifs is 1. The molecule has 0 unspecified atom stereocenters. The van der Waals surface area contributed by atoms with Crippen molar-refractivity contribution < 1.29 is 0 Å². The van der Waals surface area contributed by atoms with Gasteiger partial charge in [-0.2, -0.15) is 15.0 Å². The molecule has 106 valence electrons. The number of anilines is 3. The molecule has 0 bridgehead atoms. The first kappa shape index (κ1) is 13.5. The van der Waals surface area contributed by atoms with E-state index in [1.807, 2.05) is 31.2 Å². The third-order valence-corrected chi connectivity index (χ3v) is 3.04. The van der Waals surface area contributed by atoms with Gasteiger partial charge < -0.3 is 10.6 Å². The van der Waals surface area contributed by atoms with Gasteiger partial charge in [-0.1, -0.05) is 12.1 Å².